The minimum atomic E-state index is -1.12. The van der Waals surface area contributed by atoms with Crippen molar-refractivity contribution in [2.75, 3.05) is 24.6 Å². The normalized spacial score (nSPS) is 25.6. The molecule has 6 heteroatoms. The summed E-state index contributed by atoms with van der Waals surface area (Å²) in [5, 5.41) is 0. The van der Waals surface area contributed by atoms with Crippen molar-refractivity contribution in [2.45, 2.75) is 51.0 Å². The predicted octanol–water partition coefficient (Wildman–Crippen LogP) is 3.94. The molecule has 0 aromatic heterocycles. The number of aryl methyl sites for hydroxylation is 1. The molecule has 0 spiro atoms. The molecule has 2 aromatic rings. The number of anilines is 1. The first-order chi connectivity index (χ1) is 16.4. The summed E-state index contributed by atoms with van der Waals surface area (Å²) in [5.74, 6) is -1.01. The van der Waals surface area contributed by atoms with Gasteiger partial charge < -0.3 is 14.5 Å². The van der Waals surface area contributed by atoms with Crippen LogP contribution >= 0.6 is 0 Å². The summed E-state index contributed by atoms with van der Waals surface area (Å²) in [4.78, 5) is 44.4. The Bertz CT molecular complexity index is 1100. The number of para-hydroxylation sites is 1. The topological polar surface area (TPSA) is 66.9 Å². The van der Waals surface area contributed by atoms with Crippen LogP contribution in [-0.2, 0) is 25.5 Å². The fourth-order valence-corrected chi connectivity index (χ4v) is 5.79. The number of hydrogen-bond acceptors (Lipinski definition) is 4. The maximum Gasteiger partial charge on any atom is 0.311 e. The lowest BCUT2D eigenvalue weighted by Crippen LogP contribution is -2.62. The van der Waals surface area contributed by atoms with Crippen molar-refractivity contribution in [1.29, 1.82) is 0 Å². The van der Waals surface area contributed by atoms with Gasteiger partial charge in [0.25, 0.3) is 5.91 Å². The molecule has 178 valence electrons. The molecule has 1 saturated carbocycles. The van der Waals surface area contributed by atoms with E-state index in [1.807, 2.05) is 66.4 Å². The Morgan fingerprint density at radius 2 is 1.76 bits per heavy atom. The average molecular weight is 461 g/mol. The van der Waals surface area contributed by atoms with Gasteiger partial charge in [0.05, 0.1) is 12.5 Å². The molecule has 2 aromatic carbocycles. The van der Waals surface area contributed by atoms with Gasteiger partial charge in [-0.3, -0.25) is 14.4 Å². The van der Waals surface area contributed by atoms with E-state index in [1.165, 1.54) is 0 Å². The van der Waals surface area contributed by atoms with E-state index < -0.39 is 17.4 Å². The molecule has 2 fully saturated rings. The van der Waals surface area contributed by atoms with Gasteiger partial charge in [-0.1, -0.05) is 48.5 Å². The zero-order chi connectivity index (χ0) is 23.9. The number of benzene rings is 2. The van der Waals surface area contributed by atoms with Gasteiger partial charge >= 0.3 is 5.97 Å². The Morgan fingerprint density at radius 1 is 1.06 bits per heavy atom. The second kappa shape index (κ2) is 8.90. The van der Waals surface area contributed by atoms with Crippen LogP contribution < -0.4 is 4.90 Å². The van der Waals surface area contributed by atoms with Gasteiger partial charge in [-0.25, -0.2) is 0 Å². The molecule has 1 aliphatic carbocycles. The van der Waals surface area contributed by atoms with Gasteiger partial charge in [0.2, 0.25) is 5.91 Å². The molecule has 2 heterocycles. The number of esters is 1. The quantitative estimate of drug-likeness (QED) is 0.587. The second-order valence-electron chi connectivity index (χ2n) is 9.89. The van der Waals surface area contributed by atoms with Crippen LogP contribution in [0.4, 0.5) is 5.69 Å². The van der Waals surface area contributed by atoms with Crippen LogP contribution in [0.15, 0.2) is 54.6 Å². The highest BCUT2D eigenvalue weighted by Crippen LogP contribution is 2.54. The lowest BCUT2D eigenvalue weighted by atomic mass is 9.72. The maximum absolute atomic E-state index is 14.1. The molecular formula is C28H32N2O4. The minimum absolute atomic E-state index is 0.0806. The molecule has 3 aliphatic rings. The smallest absolute Gasteiger partial charge is 0.311 e. The van der Waals surface area contributed by atoms with Gasteiger partial charge in [-0.2, -0.15) is 0 Å². The molecule has 0 unspecified atom stereocenters. The standard InChI is InChI=1S/C28H32N2O4/c1-3-34-26(32)22-18-30(24(31)16-15-19-9-5-4-6-10-19)28(2)25(22)21-11-7-8-12-23(21)29(27(28)33)17-20-13-14-20/h4-12,20,22,25H,3,13-18H2,1-2H3/t22-,25+,28-/m0/s1. The molecule has 2 amide bonds. The van der Waals surface area contributed by atoms with Crippen LogP contribution in [0.3, 0.4) is 0 Å². The van der Waals surface area contributed by atoms with E-state index in [9.17, 15) is 14.4 Å². The van der Waals surface area contributed by atoms with Crippen molar-refractivity contribution in [3.8, 4) is 0 Å². The zero-order valence-electron chi connectivity index (χ0n) is 19.9. The molecule has 1 saturated heterocycles. The summed E-state index contributed by atoms with van der Waals surface area (Å²) in [6, 6.07) is 17.7. The zero-order valence-corrected chi connectivity index (χ0v) is 19.9. The fraction of sp³-hybridized carbons (Fsp3) is 0.464. The summed E-state index contributed by atoms with van der Waals surface area (Å²) < 4.78 is 5.43. The Balaban J connectivity index is 1.53. The van der Waals surface area contributed by atoms with Gasteiger partial charge in [-0.05, 0) is 56.2 Å². The highest BCUT2D eigenvalue weighted by atomic mass is 16.5. The van der Waals surface area contributed by atoms with E-state index in [0.717, 1.165) is 29.7 Å². The molecule has 6 nitrogen and oxygen atoms in total. The summed E-state index contributed by atoms with van der Waals surface area (Å²) in [7, 11) is 0. The van der Waals surface area contributed by atoms with E-state index in [1.54, 1.807) is 11.8 Å². The average Bonchev–Trinajstić information content (AvgIpc) is 3.61. The second-order valence-corrected chi connectivity index (χ2v) is 9.89. The molecule has 3 atom stereocenters. The Morgan fingerprint density at radius 3 is 2.47 bits per heavy atom. The van der Waals surface area contributed by atoms with Gasteiger partial charge in [-0.15, -0.1) is 0 Å². The third-order valence-corrected chi connectivity index (χ3v) is 7.69. The van der Waals surface area contributed by atoms with E-state index in [-0.39, 0.29) is 30.9 Å². The highest BCUT2D eigenvalue weighted by Gasteiger charge is 2.63. The number of likely N-dealkylation sites (tertiary alicyclic amines) is 1. The SMILES string of the molecule is CCOC(=O)[C@H]1CN(C(=O)CCc2ccccc2)[C@]2(C)C(=O)N(CC3CC3)c3ccccc3[C@H]12. The van der Waals surface area contributed by atoms with Crippen molar-refractivity contribution in [1.82, 2.24) is 4.90 Å². The van der Waals surface area contributed by atoms with Crippen molar-refractivity contribution in [3.05, 3.63) is 65.7 Å². The molecular weight excluding hydrogens is 428 g/mol. The molecule has 5 rings (SSSR count). The minimum Gasteiger partial charge on any atom is -0.466 e. The predicted molar refractivity (Wildman–Crippen MR) is 129 cm³/mol. The molecule has 34 heavy (non-hydrogen) atoms. The largest absolute Gasteiger partial charge is 0.466 e. The Kier molecular flexibility index (Phi) is 5.92. The third kappa shape index (κ3) is 3.79. The fourth-order valence-electron chi connectivity index (χ4n) is 5.79. The van der Waals surface area contributed by atoms with E-state index >= 15 is 0 Å². The number of nitrogens with zero attached hydrogens (tertiary/aromatic N) is 2. The number of carbonyl (C=O) groups excluding carboxylic acids is 3. The molecule has 2 aliphatic heterocycles. The van der Waals surface area contributed by atoms with Crippen LogP contribution in [0, 0.1) is 11.8 Å². The van der Waals surface area contributed by atoms with Crippen molar-refractivity contribution < 1.29 is 19.1 Å². The van der Waals surface area contributed by atoms with Gasteiger partial charge in [0, 0.05) is 31.1 Å². The van der Waals surface area contributed by atoms with E-state index in [4.69, 9.17) is 4.74 Å². The highest BCUT2D eigenvalue weighted by molar-refractivity contribution is 6.07. The lowest BCUT2D eigenvalue weighted by Gasteiger charge is -2.46. The first-order valence-corrected chi connectivity index (χ1v) is 12.4. The summed E-state index contributed by atoms with van der Waals surface area (Å²) in [6.07, 6.45) is 3.13. The lowest BCUT2D eigenvalue weighted by molar-refractivity contribution is -0.148. The van der Waals surface area contributed by atoms with Crippen LogP contribution in [0.5, 0.6) is 0 Å². The van der Waals surface area contributed by atoms with Crippen molar-refractivity contribution in [2.24, 2.45) is 11.8 Å². The van der Waals surface area contributed by atoms with Gasteiger partial charge in [0.1, 0.15) is 5.54 Å². The van der Waals surface area contributed by atoms with Crippen LogP contribution in [0.1, 0.15) is 50.2 Å². The number of fused-ring (bicyclic) bond motifs is 3. The van der Waals surface area contributed by atoms with E-state index in [2.05, 4.69) is 0 Å². The number of carbonyl (C=O) groups is 3. The van der Waals surface area contributed by atoms with Crippen molar-refractivity contribution >= 4 is 23.5 Å². The van der Waals surface area contributed by atoms with Crippen molar-refractivity contribution in [3.63, 3.8) is 0 Å². The summed E-state index contributed by atoms with van der Waals surface area (Å²) >= 11 is 0. The molecule has 0 N–H and O–H groups in total. The van der Waals surface area contributed by atoms with Crippen LogP contribution in [-0.4, -0.2) is 47.9 Å². The van der Waals surface area contributed by atoms with Crippen LogP contribution in [0.25, 0.3) is 0 Å². The molecule has 0 bridgehead atoms. The van der Waals surface area contributed by atoms with E-state index in [0.29, 0.717) is 25.3 Å². The summed E-state index contributed by atoms with van der Waals surface area (Å²) in [5.41, 5.74) is 1.79. The summed E-state index contributed by atoms with van der Waals surface area (Å²) in [6.45, 7) is 4.77. The van der Waals surface area contributed by atoms with Crippen LogP contribution in [0.2, 0.25) is 0 Å². The first-order valence-electron chi connectivity index (χ1n) is 12.4. The maximum atomic E-state index is 14.1. The monoisotopic (exact) mass is 460 g/mol. The van der Waals surface area contributed by atoms with Gasteiger partial charge in [0.15, 0.2) is 0 Å². The Labute approximate surface area is 200 Å². The number of amides is 2. The molecule has 0 radical (unpaired) electrons. The third-order valence-electron chi connectivity index (χ3n) is 7.69. The Hall–Kier alpha value is -3.15. The number of hydrogen-bond donors (Lipinski definition) is 0. The number of rotatable bonds is 7. The number of ether oxygens (including phenoxy) is 1. The first kappa shape index (κ1) is 22.6.